The number of carbonyl (C=O) groups is 1. The molecule has 0 fully saturated rings. The summed E-state index contributed by atoms with van der Waals surface area (Å²) in [6, 6.07) is -0.237. The Labute approximate surface area is 81.2 Å². The monoisotopic (exact) mass is 183 g/mol. The summed E-state index contributed by atoms with van der Waals surface area (Å²) in [5.41, 5.74) is 5.59. The van der Waals surface area contributed by atoms with Gasteiger partial charge in [-0.25, -0.2) is 0 Å². The van der Waals surface area contributed by atoms with Crippen LogP contribution in [0.15, 0.2) is 12.7 Å². The predicted octanol–water partition coefficient (Wildman–Crippen LogP) is 2.43. The van der Waals surface area contributed by atoms with Crippen molar-refractivity contribution in [2.75, 3.05) is 0 Å². The van der Waals surface area contributed by atoms with Gasteiger partial charge >= 0.3 is 0 Å². The quantitative estimate of drug-likeness (QED) is 0.464. The molecule has 0 heterocycles. The van der Waals surface area contributed by atoms with E-state index < -0.39 is 0 Å². The van der Waals surface area contributed by atoms with Gasteiger partial charge in [0.25, 0.3) is 0 Å². The first-order valence-corrected chi connectivity index (χ1v) is 5.05. The van der Waals surface area contributed by atoms with Crippen molar-refractivity contribution in [3.05, 3.63) is 12.7 Å². The second-order valence-electron chi connectivity index (χ2n) is 3.50. The summed E-state index contributed by atoms with van der Waals surface area (Å²) in [6.07, 6.45) is 8.55. The molecule has 2 nitrogen and oxygen atoms in total. The van der Waals surface area contributed by atoms with Crippen LogP contribution in [0.1, 0.15) is 45.4 Å². The van der Waals surface area contributed by atoms with E-state index in [0.29, 0.717) is 0 Å². The van der Waals surface area contributed by atoms with Crippen LogP contribution in [0.2, 0.25) is 0 Å². The second kappa shape index (κ2) is 7.99. The van der Waals surface area contributed by atoms with E-state index in [0.717, 1.165) is 19.3 Å². The van der Waals surface area contributed by atoms with Crippen LogP contribution in [0.25, 0.3) is 0 Å². The Morgan fingerprint density at radius 3 is 2.54 bits per heavy atom. The van der Waals surface area contributed by atoms with Crippen LogP contribution in [0, 0.1) is 0 Å². The zero-order chi connectivity index (χ0) is 10.1. The highest BCUT2D eigenvalue weighted by Gasteiger charge is 2.06. The lowest BCUT2D eigenvalue weighted by Gasteiger charge is -2.06. The number of hydrogen-bond acceptors (Lipinski definition) is 2. The first-order chi connectivity index (χ1) is 6.18. The molecule has 0 aromatic rings. The number of ketones is 1. The molecule has 0 aliphatic rings. The topological polar surface area (TPSA) is 43.1 Å². The molecule has 0 bridgehead atoms. The average molecular weight is 183 g/mol. The largest absolute Gasteiger partial charge is 0.322 e. The molecule has 0 spiro atoms. The van der Waals surface area contributed by atoms with Gasteiger partial charge in [-0.3, -0.25) is 4.79 Å². The van der Waals surface area contributed by atoms with Crippen molar-refractivity contribution >= 4 is 5.78 Å². The van der Waals surface area contributed by atoms with Crippen molar-refractivity contribution in [2.24, 2.45) is 5.73 Å². The van der Waals surface area contributed by atoms with Crippen molar-refractivity contribution in [1.82, 2.24) is 0 Å². The third kappa shape index (κ3) is 7.72. The molecule has 1 atom stereocenters. The van der Waals surface area contributed by atoms with Gasteiger partial charge in [-0.15, -0.1) is 6.58 Å². The number of rotatable bonds is 8. The molecule has 2 N–H and O–H groups in total. The molecule has 0 aliphatic heterocycles. The molecule has 0 aliphatic carbocycles. The molecule has 13 heavy (non-hydrogen) atoms. The van der Waals surface area contributed by atoms with Crippen LogP contribution >= 0.6 is 0 Å². The van der Waals surface area contributed by atoms with Crippen LogP contribution in [-0.2, 0) is 4.79 Å². The SMILES string of the molecule is C=CCCCCCC[C@H](N)C(C)=O. The Bertz CT molecular complexity index is 154. The van der Waals surface area contributed by atoms with E-state index in [1.807, 2.05) is 6.08 Å². The number of Topliss-reactive ketones (excluding diaryl/α,β-unsaturated/α-hetero) is 1. The standard InChI is InChI=1S/C11H21NO/c1-3-4-5-6-7-8-9-11(12)10(2)13/h3,11H,1,4-9,12H2,2H3/t11-/m0/s1. The van der Waals surface area contributed by atoms with Gasteiger partial charge in [-0.05, 0) is 26.2 Å². The van der Waals surface area contributed by atoms with Crippen LogP contribution in [-0.4, -0.2) is 11.8 Å². The molecule has 0 radical (unpaired) electrons. The van der Waals surface area contributed by atoms with Gasteiger partial charge in [-0.2, -0.15) is 0 Å². The fraction of sp³-hybridized carbons (Fsp3) is 0.727. The zero-order valence-corrected chi connectivity index (χ0v) is 8.59. The normalized spacial score (nSPS) is 12.5. The average Bonchev–Trinajstić information content (AvgIpc) is 2.10. The van der Waals surface area contributed by atoms with Crippen molar-refractivity contribution in [3.63, 3.8) is 0 Å². The van der Waals surface area contributed by atoms with E-state index >= 15 is 0 Å². The Balaban J connectivity index is 3.15. The van der Waals surface area contributed by atoms with E-state index in [9.17, 15) is 4.79 Å². The molecule has 0 unspecified atom stereocenters. The van der Waals surface area contributed by atoms with Gasteiger partial charge in [0.2, 0.25) is 0 Å². The summed E-state index contributed by atoms with van der Waals surface area (Å²) in [5, 5.41) is 0. The third-order valence-electron chi connectivity index (χ3n) is 2.20. The lowest BCUT2D eigenvalue weighted by atomic mass is 10.0. The van der Waals surface area contributed by atoms with Crippen molar-refractivity contribution in [2.45, 2.75) is 51.5 Å². The minimum Gasteiger partial charge on any atom is -0.322 e. The third-order valence-corrected chi connectivity index (χ3v) is 2.20. The summed E-state index contributed by atoms with van der Waals surface area (Å²) >= 11 is 0. The number of nitrogens with two attached hydrogens (primary N) is 1. The molecular weight excluding hydrogens is 162 g/mol. The first-order valence-electron chi connectivity index (χ1n) is 5.05. The molecule has 0 aromatic carbocycles. The lowest BCUT2D eigenvalue weighted by molar-refractivity contribution is -0.118. The fourth-order valence-corrected chi connectivity index (χ4v) is 1.21. The van der Waals surface area contributed by atoms with Crippen molar-refractivity contribution in [3.8, 4) is 0 Å². The van der Waals surface area contributed by atoms with Crippen LogP contribution in [0.5, 0.6) is 0 Å². The highest BCUT2D eigenvalue weighted by atomic mass is 16.1. The van der Waals surface area contributed by atoms with Gasteiger partial charge in [0.15, 0.2) is 0 Å². The van der Waals surface area contributed by atoms with E-state index in [1.165, 1.54) is 19.3 Å². The Kier molecular flexibility index (Phi) is 7.60. The van der Waals surface area contributed by atoms with Crippen LogP contribution < -0.4 is 5.73 Å². The second-order valence-corrected chi connectivity index (χ2v) is 3.50. The predicted molar refractivity (Wildman–Crippen MR) is 56.6 cm³/mol. The number of hydrogen-bond donors (Lipinski definition) is 1. The fourth-order valence-electron chi connectivity index (χ4n) is 1.21. The highest BCUT2D eigenvalue weighted by molar-refractivity contribution is 5.80. The molecule has 0 aromatic heterocycles. The maximum absolute atomic E-state index is 10.8. The molecule has 2 heteroatoms. The van der Waals surface area contributed by atoms with Gasteiger partial charge in [-0.1, -0.05) is 25.3 Å². The maximum atomic E-state index is 10.8. The summed E-state index contributed by atoms with van der Waals surface area (Å²) in [7, 11) is 0. The summed E-state index contributed by atoms with van der Waals surface area (Å²) < 4.78 is 0. The number of carbonyl (C=O) groups excluding carboxylic acids is 1. The van der Waals surface area contributed by atoms with E-state index in [-0.39, 0.29) is 11.8 Å². The van der Waals surface area contributed by atoms with E-state index in [4.69, 9.17) is 5.73 Å². The zero-order valence-electron chi connectivity index (χ0n) is 8.59. The minimum atomic E-state index is -0.237. The molecular formula is C11H21NO. The van der Waals surface area contributed by atoms with Gasteiger partial charge < -0.3 is 5.73 Å². The molecule has 76 valence electrons. The van der Waals surface area contributed by atoms with E-state index in [1.54, 1.807) is 6.92 Å². The molecule has 0 amide bonds. The Morgan fingerprint density at radius 1 is 1.38 bits per heavy atom. The molecule has 0 saturated heterocycles. The van der Waals surface area contributed by atoms with Crippen LogP contribution in [0.4, 0.5) is 0 Å². The van der Waals surface area contributed by atoms with E-state index in [2.05, 4.69) is 6.58 Å². The number of unbranched alkanes of at least 4 members (excludes halogenated alkanes) is 4. The molecule has 0 rings (SSSR count). The maximum Gasteiger partial charge on any atom is 0.146 e. The summed E-state index contributed by atoms with van der Waals surface area (Å²) in [4.78, 5) is 10.8. The van der Waals surface area contributed by atoms with Crippen molar-refractivity contribution in [1.29, 1.82) is 0 Å². The first kappa shape index (κ1) is 12.4. The van der Waals surface area contributed by atoms with Gasteiger partial charge in [0.1, 0.15) is 5.78 Å². The minimum absolute atomic E-state index is 0.103. The lowest BCUT2D eigenvalue weighted by Crippen LogP contribution is -2.27. The smallest absolute Gasteiger partial charge is 0.146 e. The van der Waals surface area contributed by atoms with Gasteiger partial charge in [0.05, 0.1) is 6.04 Å². The Hall–Kier alpha value is -0.630. The molecule has 0 saturated carbocycles. The van der Waals surface area contributed by atoms with Gasteiger partial charge in [0, 0.05) is 0 Å². The van der Waals surface area contributed by atoms with Crippen LogP contribution in [0.3, 0.4) is 0 Å². The summed E-state index contributed by atoms with van der Waals surface area (Å²) in [5.74, 6) is 0.103. The number of allylic oxidation sites excluding steroid dienone is 1. The summed E-state index contributed by atoms with van der Waals surface area (Å²) in [6.45, 7) is 5.22. The highest BCUT2D eigenvalue weighted by Crippen LogP contribution is 2.07. The Morgan fingerprint density at radius 2 is 2.00 bits per heavy atom. The van der Waals surface area contributed by atoms with Crippen molar-refractivity contribution < 1.29 is 4.79 Å².